The summed E-state index contributed by atoms with van der Waals surface area (Å²) < 4.78 is 3.45. The van der Waals surface area contributed by atoms with Gasteiger partial charge in [0.25, 0.3) is 0 Å². The summed E-state index contributed by atoms with van der Waals surface area (Å²) in [5, 5.41) is 8.87. The summed E-state index contributed by atoms with van der Waals surface area (Å²) in [6.07, 6.45) is 0. The van der Waals surface area contributed by atoms with Crippen molar-refractivity contribution < 1.29 is 0 Å². The van der Waals surface area contributed by atoms with Gasteiger partial charge in [0.15, 0.2) is 0 Å². The van der Waals surface area contributed by atoms with Crippen LogP contribution < -0.4 is 4.46 Å². The summed E-state index contributed by atoms with van der Waals surface area (Å²) >= 11 is 0.208. The second-order valence-corrected chi connectivity index (χ2v) is 8.57. The minimum atomic E-state index is 0.182. The zero-order valence-electron chi connectivity index (χ0n) is 14.3. The molecule has 0 saturated carbocycles. The third-order valence-electron chi connectivity index (χ3n) is 4.41. The summed E-state index contributed by atoms with van der Waals surface area (Å²) in [5.41, 5.74) is 5.96. The average molecular weight is 392 g/mol. The molecule has 0 fully saturated rings. The Morgan fingerprint density at radius 3 is 2.40 bits per heavy atom. The molecule has 0 saturated heterocycles. The number of fused-ring (bicyclic) bond motifs is 1. The van der Waals surface area contributed by atoms with Crippen molar-refractivity contribution in [1.29, 1.82) is 0 Å². The number of aromatic nitrogens is 3. The SMILES string of the molecule is Cc1ccc(C([Se]c2ccccc2)n2nnc3ccccc32)cc1C. The summed E-state index contributed by atoms with van der Waals surface area (Å²) in [4.78, 5) is 0.182. The zero-order valence-corrected chi connectivity index (χ0v) is 16.0. The quantitative estimate of drug-likeness (QED) is 0.497. The van der Waals surface area contributed by atoms with Gasteiger partial charge in [-0.25, -0.2) is 0 Å². The Bertz CT molecular complexity index is 1010. The van der Waals surface area contributed by atoms with Crippen LogP contribution in [0.5, 0.6) is 0 Å². The third kappa shape index (κ3) is 3.23. The molecule has 1 aromatic heterocycles. The molecule has 25 heavy (non-hydrogen) atoms. The van der Waals surface area contributed by atoms with Gasteiger partial charge < -0.3 is 0 Å². The first-order chi connectivity index (χ1) is 12.2. The van der Waals surface area contributed by atoms with Crippen molar-refractivity contribution in [3.8, 4) is 0 Å². The summed E-state index contributed by atoms with van der Waals surface area (Å²) in [5.74, 6) is 0. The fraction of sp³-hybridized carbons (Fsp3) is 0.143. The summed E-state index contributed by atoms with van der Waals surface area (Å²) in [6, 6.07) is 25.6. The van der Waals surface area contributed by atoms with Gasteiger partial charge in [0.2, 0.25) is 0 Å². The first kappa shape index (κ1) is 16.1. The van der Waals surface area contributed by atoms with Crippen LogP contribution in [0.1, 0.15) is 21.6 Å². The van der Waals surface area contributed by atoms with Crippen molar-refractivity contribution in [2.45, 2.75) is 18.8 Å². The van der Waals surface area contributed by atoms with E-state index >= 15 is 0 Å². The van der Waals surface area contributed by atoms with Crippen LogP contribution in [0.3, 0.4) is 0 Å². The van der Waals surface area contributed by atoms with Gasteiger partial charge in [-0.05, 0) is 0 Å². The Morgan fingerprint density at radius 2 is 1.60 bits per heavy atom. The molecule has 0 radical (unpaired) electrons. The Morgan fingerprint density at radius 1 is 0.840 bits per heavy atom. The average Bonchev–Trinajstić information content (AvgIpc) is 3.07. The number of hydrogen-bond acceptors (Lipinski definition) is 2. The normalized spacial score (nSPS) is 12.4. The minimum absolute atomic E-state index is 0.182. The molecule has 4 aromatic rings. The maximum absolute atomic E-state index is 4.50. The standard InChI is InChI=1S/C21H19N3Se/c1-15-12-13-17(14-16(15)2)21(25-18-8-4-3-5-9-18)24-20-11-7-6-10-19(20)22-23-24/h3-14,21H,1-2H3. The number of para-hydroxylation sites is 1. The fourth-order valence-corrected chi connectivity index (χ4v) is 5.20. The molecule has 0 N–H and O–H groups in total. The van der Waals surface area contributed by atoms with Crippen LogP contribution >= 0.6 is 0 Å². The molecule has 124 valence electrons. The van der Waals surface area contributed by atoms with Crippen molar-refractivity contribution in [3.05, 3.63) is 89.5 Å². The predicted octanol–water partition coefficient (Wildman–Crippen LogP) is 3.62. The molecule has 0 spiro atoms. The van der Waals surface area contributed by atoms with Gasteiger partial charge in [-0.2, -0.15) is 0 Å². The summed E-state index contributed by atoms with van der Waals surface area (Å²) in [7, 11) is 0. The second-order valence-electron chi connectivity index (χ2n) is 6.15. The van der Waals surface area contributed by atoms with Gasteiger partial charge in [-0.1, -0.05) is 0 Å². The van der Waals surface area contributed by atoms with Gasteiger partial charge in [-0.3, -0.25) is 0 Å². The van der Waals surface area contributed by atoms with Crippen molar-refractivity contribution in [2.75, 3.05) is 0 Å². The van der Waals surface area contributed by atoms with Gasteiger partial charge >= 0.3 is 154 Å². The Labute approximate surface area is 153 Å². The van der Waals surface area contributed by atoms with E-state index in [9.17, 15) is 0 Å². The number of benzene rings is 3. The zero-order chi connectivity index (χ0) is 17.2. The van der Waals surface area contributed by atoms with E-state index in [1.54, 1.807) is 0 Å². The number of rotatable bonds is 4. The van der Waals surface area contributed by atoms with E-state index in [2.05, 4.69) is 89.5 Å². The number of nitrogens with zero attached hydrogens (tertiary/aromatic N) is 3. The van der Waals surface area contributed by atoms with E-state index in [0.717, 1.165) is 11.0 Å². The topological polar surface area (TPSA) is 30.7 Å². The molecule has 4 heteroatoms. The molecular weight excluding hydrogens is 373 g/mol. The van der Waals surface area contributed by atoms with E-state index in [4.69, 9.17) is 0 Å². The fourth-order valence-electron chi connectivity index (χ4n) is 2.87. The third-order valence-corrected chi connectivity index (χ3v) is 7.01. The Balaban J connectivity index is 1.84. The van der Waals surface area contributed by atoms with Crippen molar-refractivity contribution >= 4 is 30.5 Å². The molecule has 0 aliphatic rings. The van der Waals surface area contributed by atoms with Crippen LogP contribution in [-0.2, 0) is 0 Å². The van der Waals surface area contributed by atoms with Gasteiger partial charge in [0.05, 0.1) is 0 Å². The number of aryl methyl sites for hydroxylation is 2. The molecule has 0 bridgehead atoms. The first-order valence-corrected chi connectivity index (χ1v) is 10.2. The van der Waals surface area contributed by atoms with Gasteiger partial charge in [-0.15, -0.1) is 0 Å². The van der Waals surface area contributed by atoms with E-state index in [1.807, 2.05) is 12.1 Å². The molecule has 1 atom stereocenters. The van der Waals surface area contributed by atoms with E-state index in [1.165, 1.54) is 21.2 Å². The molecule has 4 rings (SSSR count). The van der Waals surface area contributed by atoms with Crippen LogP contribution in [-0.4, -0.2) is 30.0 Å². The van der Waals surface area contributed by atoms with Crippen molar-refractivity contribution in [3.63, 3.8) is 0 Å². The maximum atomic E-state index is 4.50. The van der Waals surface area contributed by atoms with Gasteiger partial charge in [0.1, 0.15) is 0 Å². The van der Waals surface area contributed by atoms with Crippen LogP contribution in [0.2, 0.25) is 0 Å². The molecule has 0 amide bonds. The molecule has 3 nitrogen and oxygen atoms in total. The molecule has 1 heterocycles. The van der Waals surface area contributed by atoms with Crippen LogP contribution in [0.15, 0.2) is 72.8 Å². The first-order valence-electron chi connectivity index (χ1n) is 8.31. The molecular formula is C21H19N3Se. The van der Waals surface area contributed by atoms with Crippen LogP contribution in [0.25, 0.3) is 11.0 Å². The van der Waals surface area contributed by atoms with Crippen LogP contribution in [0.4, 0.5) is 0 Å². The van der Waals surface area contributed by atoms with Crippen molar-refractivity contribution in [2.24, 2.45) is 0 Å². The molecule has 1 unspecified atom stereocenters. The van der Waals surface area contributed by atoms with E-state index < -0.39 is 0 Å². The predicted molar refractivity (Wildman–Crippen MR) is 103 cm³/mol. The Kier molecular flexibility index (Phi) is 4.39. The summed E-state index contributed by atoms with van der Waals surface area (Å²) in [6.45, 7) is 4.33. The van der Waals surface area contributed by atoms with Crippen molar-refractivity contribution in [1.82, 2.24) is 15.0 Å². The second kappa shape index (κ2) is 6.83. The van der Waals surface area contributed by atoms with Crippen LogP contribution in [0, 0.1) is 13.8 Å². The van der Waals surface area contributed by atoms with E-state index in [-0.39, 0.29) is 19.9 Å². The molecule has 0 aliphatic carbocycles. The molecule has 3 aromatic carbocycles. The Hall–Kier alpha value is -2.42. The molecule has 0 aliphatic heterocycles. The monoisotopic (exact) mass is 393 g/mol. The number of hydrogen-bond donors (Lipinski definition) is 0. The van der Waals surface area contributed by atoms with Gasteiger partial charge in [0, 0.05) is 0 Å². The van der Waals surface area contributed by atoms with E-state index in [0.29, 0.717) is 0 Å².